The van der Waals surface area contributed by atoms with Gasteiger partial charge in [-0.1, -0.05) is 0 Å². The first kappa shape index (κ1) is 6.65. The molecule has 2 heterocycles. The van der Waals surface area contributed by atoms with Crippen LogP contribution in [-0.2, 0) is 0 Å². The number of rotatable bonds is 1. The predicted octanol–water partition coefficient (Wildman–Crippen LogP) is -0.554. The molecule has 2 aromatic heterocycles. The molecule has 0 aliphatic rings. The lowest BCUT2D eigenvalue weighted by Gasteiger charge is -1.88. The lowest BCUT2D eigenvalue weighted by atomic mass is 10.5. The molecule has 2 aromatic rings. The number of aromatic nitrogens is 5. The van der Waals surface area contributed by atoms with Crippen molar-refractivity contribution in [2.24, 2.45) is 0 Å². The molecule has 0 atom stereocenters. The van der Waals surface area contributed by atoms with E-state index in [1.54, 1.807) is 0 Å². The van der Waals surface area contributed by atoms with E-state index in [2.05, 4.69) is 25.4 Å². The fourth-order valence-corrected chi connectivity index (χ4v) is 0.757. The Bertz CT molecular complexity index is 436. The molecule has 2 N–H and O–H groups in total. The molecule has 60 valence electrons. The van der Waals surface area contributed by atoms with Crippen molar-refractivity contribution in [3.05, 3.63) is 12.0 Å². The third-order valence-electron chi connectivity index (χ3n) is 1.27. The van der Waals surface area contributed by atoms with E-state index in [1.165, 1.54) is 6.20 Å². The summed E-state index contributed by atoms with van der Waals surface area (Å²) in [5.41, 5.74) is 0.697. The molecule has 0 amide bonds. The van der Waals surface area contributed by atoms with Gasteiger partial charge in [-0.15, -0.1) is 5.10 Å². The van der Waals surface area contributed by atoms with Crippen LogP contribution in [-0.4, -0.2) is 36.5 Å². The number of carbonyl (C=O) groups is 1. The fourth-order valence-electron chi connectivity index (χ4n) is 0.757. The number of carboxylic acids is 1. The van der Waals surface area contributed by atoms with Crippen molar-refractivity contribution in [3.8, 4) is 0 Å². The van der Waals surface area contributed by atoms with Crippen molar-refractivity contribution in [1.29, 1.82) is 0 Å². The van der Waals surface area contributed by atoms with Gasteiger partial charge in [0.25, 0.3) is 0 Å². The molecule has 0 saturated carbocycles. The Morgan fingerprint density at radius 3 is 3.08 bits per heavy atom. The molecule has 0 bridgehead atoms. The van der Waals surface area contributed by atoms with E-state index >= 15 is 0 Å². The zero-order valence-corrected chi connectivity index (χ0v) is 5.72. The first-order valence-corrected chi connectivity index (χ1v) is 3.04. The van der Waals surface area contributed by atoms with Crippen molar-refractivity contribution in [1.82, 2.24) is 25.4 Å². The van der Waals surface area contributed by atoms with Crippen molar-refractivity contribution in [2.45, 2.75) is 0 Å². The highest BCUT2D eigenvalue weighted by atomic mass is 16.4. The number of H-pyrrole nitrogens is 1. The molecule has 0 spiro atoms. The quantitative estimate of drug-likeness (QED) is 0.587. The van der Waals surface area contributed by atoms with Crippen LogP contribution in [0.3, 0.4) is 0 Å². The minimum Gasteiger partial charge on any atom is -0.475 e. The van der Waals surface area contributed by atoms with E-state index in [9.17, 15) is 4.79 Å². The van der Waals surface area contributed by atoms with Crippen LogP contribution in [0.4, 0.5) is 0 Å². The summed E-state index contributed by atoms with van der Waals surface area (Å²) in [6.45, 7) is 0. The highest BCUT2D eigenvalue weighted by molar-refractivity contribution is 5.85. The van der Waals surface area contributed by atoms with Gasteiger partial charge in [0.05, 0.1) is 6.20 Å². The third-order valence-corrected chi connectivity index (χ3v) is 1.27. The Morgan fingerprint density at radius 1 is 1.50 bits per heavy atom. The van der Waals surface area contributed by atoms with Gasteiger partial charge >= 0.3 is 5.97 Å². The first-order valence-electron chi connectivity index (χ1n) is 3.04. The fraction of sp³-hybridized carbons (Fsp3) is 0. The SMILES string of the molecule is O=C(O)c1ncc2n[nH]nc2n1. The molecule has 2 rings (SSSR count). The van der Waals surface area contributed by atoms with Crippen LogP contribution in [0, 0.1) is 0 Å². The van der Waals surface area contributed by atoms with Crippen molar-refractivity contribution >= 4 is 17.1 Å². The lowest BCUT2D eigenvalue weighted by molar-refractivity contribution is 0.0684. The Balaban J connectivity index is 2.68. The molecule has 12 heavy (non-hydrogen) atoms. The zero-order valence-electron chi connectivity index (χ0n) is 5.72. The number of fused-ring (bicyclic) bond motifs is 1. The number of hydrogen-bond donors (Lipinski definition) is 2. The topological polar surface area (TPSA) is 105 Å². The van der Waals surface area contributed by atoms with Crippen LogP contribution in [0.15, 0.2) is 6.20 Å². The normalized spacial score (nSPS) is 10.3. The largest absolute Gasteiger partial charge is 0.475 e. The predicted molar refractivity (Wildman–Crippen MR) is 36.4 cm³/mol. The van der Waals surface area contributed by atoms with E-state index in [4.69, 9.17) is 5.11 Å². The van der Waals surface area contributed by atoms with Crippen molar-refractivity contribution in [3.63, 3.8) is 0 Å². The molecule has 0 fully saturated rings. The van der Waals surface area contributed by atoms with E-state index in [0.717, 1.165) is 0 Å². The summed E-state index contributed by atoms with van der Waals surface area (Å²) in [6.07, 6.45) is 1.30. The number of aromatic amines is 1. The van der Waals surface area contributed by atoms with Crippen LogP contribution in [0.2, 0.25) is 0 Å². The van der Waals surface area contributed by atoms with Gasteiger partial charge < -0.3 is 5.11 Å². The summed E-state index contributed by atoms with van der Waals surface area (Å²) in [5, 5.41) is 18.1. The standard InChI is InChI=1S/C5H3N5O2/c11-5(12)4-6-1-2-3(7-4)9-10-8-2/h1H,(H,11,12)(H,6,7,8,9,10). The van der Waals surface area contributed by atoms with Crippen LogP contribution in [0.1, 0.15) is 10.6 Å². The Hall–Kier alpha value is -2.05. The first-order chi connectivity index (χ1) is 5.77. The highest BCUT2D eigenvalue weighted by Gasteiger charge is 2.08. The molecule has 7 heteroatoms. The molecular weight excluding hydrogens is 162 g/mol. The summed E-state index contributed by atoms with van der Waals surface area (Å²) in [7, 11) is 0. The minimum atomic E-state index is -1.18. The van der Waals surface area contributed by atoms with Crippen LogP contribution >= 0.6 is 0 Å². The van der Waals surface area contributed by atoms with E-state index in [0.29, 0.717) is 5.52 Å². The average Bonchev–Trinajstić information content (AvgIpc) is 2.49. The Morgan fingerprint density at radius 2 is 2.33 bits per heavy atom. The second-order valence-electron chi connectivity index (χ2n) is 2.03. The monoisotopic (exact) mass is 165 g/mol. The number of aromatic carboxylic acids is 1. The van der Waals surface area contributed by atoms with Gasteiger partial charge in [-0.3, -0.25) is 0 Å². The zero-order chi connectivity index (χ0) is 8.55. The van der Waals surface area contributed by atoms with E-state index in [-0.39, 0.29) is 11.5 Å². The molecule has 0 aromatic carbocycles. The summed E-state index contributed by atoms with van der Waals surface area (Å²) in [4.78, 5) is 17.5. The maximum Gasteiger partial charge on any atom is 0.374 e. The molecular formula is C5H3N5O2. The summed E-state index contributed by atoms with van der Waals surface area (Å²) < 4.78 is 0. The van der Waals surface area contributed by atoms with Crippen LogP contribution in [0.5, 0.6) is 0 Å². The molecule has 0 saturated heterocycles. The van der Waals surface area contributed by atoms with Gasteiger partial charge in [-0.25, -0.2) is 9.78 Å². The van der Waals surface area contributed by atoms with Crippen LogP contribution < -0.4 is 0 Å². The van der Waals surface area contributed by atoms with Gasteiger partial charge in [0.2, 0.25) is 11.5 Å². The molecule has 0 aliphatic carbocycles. The number of carboxylic acid groups (broad SMARTS) is 1. The maximum atomic E-state index is 10.4. The highest BCUT2D eigenvalue weighted by Crippen LogP contribution is 2.01. The average molecular weight is 165 g/mol. The second-order valence-corrected chi connectivity index (χ2v) is 2.03. The van der Waals surface area contributed by atoms with Gasteiger partial charge in [-0.05, 0) is 0 Å². The molecule has 0 aliphatic heterocycles. The lowest BCUT2D eigenvalue weighted by Crippen LogP contribution is -2.03. The van der Waals surface area contributed by atoms with Crippen molar-refractivity contribution in [2.75, 3.05) is 0 Å². The minimum absolute atomic E-state index is 0.252. The van der Waals surface area contributed by atoms with Crippen molar-refractivity contribution < 1.29 is 9.90 Å². The molecule has 0 unspecified atom stereocenters. The third kappa shape index (κ3) is 0.875. The van der Waals surface area contributed by atoms with Gasteiger partial charge in [-0.2, -0.15) is 15.3 Å². The molecule has 0 radical (unpaired) electrons. The smallest absolute Gasteiger partial charge is 0.374 e. The van der Waals surface area contributed by atoms with Crippen LogP contribution in [0.25, 0.3) is 11.2 Å². The van der Waals surface area contributed by atoms with E-state index in [1.807, 2.05) is 0 Å². The number of nitrogens with one attached hydrogen (secondary N) is 1. The number of hydrogen-bond acceptors (Lipinski definition) is 5. The summed E-state index contributed by atoms with van der Waals surface area (Å²) in [5.74, 6) is -1.46. The Labute approximate surface area is 65.5 Å². The van der Waals surface area contributed by atoms with Gasteiger partial charge in [0.15, 0.2) is 0 Å². The second kappa shape index (κ2) is 2.22. The Kier molecular flexibility index (Phi) is 1.23. The van der Waals surface area contributed by atoms with Gasteiger partial charge in [0, 0.05) is 0 Å². The maximum absolute atomic E-state index is 10.4. The summed E-state index contributed by atoms with van der Waals surface area (Å²) in [6, 6.07) is 0. The number of nitrogens with zero attached hydrogens (tertiary/aromatic N) is 4. The summed E-state index contributed by atoms with van der Waals surface area (Å²) >= 11 is 0. The van der Waals surface area contributed by atoms with Gasteiger partial charge in [0.1, 0.15) is 5.52 Å². The van der Waals surface area contributed by atoms with E-state index < -0.39 is 5.97 Å². The molecule has 7 nitrogen and oxygen atoms in total.